The van der Waals surface area contributed by atoms with Gasteiger partial charge in [0.1, 0.15) is 4.83 Å². The number of carbonyl (C=O) groups excluding carboxylic acids is 1. The van der Waals surface area contributed by atoms with Gasteiger partial charge in [-0.25, -0.2) is 13.4 Å². The maximum atomic E-state index is 12.8. The van der Waals surface area contributed by atoms with E-state index in [0.29, 0.717) is 35.2 Å². The van der Waals surface area contributed by atoms with Crippen LogP contribution in [0.2, 0.25) is 0 Å². The lowest BCUT2D eigenvalue weighted by molar-refractivity contribution is -0.113. The zero-order chi connectivity index (χ0) is 24.6. The number of hydrogen-bond donors (Lipinski definition) is 2. The summed E-state index contributed by atoms with van der Waals surface area (Å²) in [6, 6.07) is 6.25. The Morgan fingerprint density at radius 1 is 1.23 bits per heavy atom. The summed E-state index contributed by atoms with van der Waals surface area (Å²) in [4.78, 5) is 34.9. The number of anilines is 1. The average Bonchev–Trinajstić information content (AvgIpc) is 3.21. The van der Waals surface area contributed by atoms with E-state index in [-0.39, 0.29) is 22.1 Å². The largest absolute Gasteiger partial charge is 0.325 e. The molecule has 1 fully saturated rings. The molecule has 1 aliphatic carbocycles. The number of amides is 1. The van der Waals surface area contributed by atoms with E-state index >= 15 is 0 Å². The summed E-state index contributed by atoms with van der Waals surface area (Å²) in [5.74, 6) is 0.430. The fourth-order valence-electron chi connectivity index (χ4n) is 4.69. The normalized spacial score (nSPS) is 18.9. The fourth-order valence-corrected chi connectivity index (χ4v) is 8.31. The van der Waals surface area contributed by atoms with Gasteiger partial charge in [0.15, 0.2) is 5.16 Å². The van der Waals surface area contributed by atoms with Gasteiger partial charge in [0, 0.05) is 23.7 Å². The fraction of sp³-hybridized carbons (Fsp3) is 0.458. The van der Waals surface area contributed by atoms with Crippen LogP contribution >= 0.6 is 23.1 Å². The van der Waals surface area contributed by atoms with E-state index in [1.165, 1.54) is 33.1 Å². The molecule has 5 rings (SSSR count). The molecule has 3 heterocycles. The highest BCUT2D eigenvalue weighted by Gasteiger charge is 2.26. The van der Waals surface area contributed by atoms with Gasteiger partial charge in [-0.1, -0.05) is 25.1 Å². The van der Waals surface area contributed by atoms with Crippen molar-refractivity contribution in [2.45, 2.75) is 55.5 Å². The number of thiophene rings is 1. The van der Waals surface area contributed by atoms with Crippen LogP contribution in [0.3, 0.4) is 0 Å². The molecule has 186 valence electrons. The molecule has 11 heteroatoms. The maximum absolute atomic E-state index is 12.8. The lowest BCUT2D eigenvalue weighted by atomic mass is 9.89. The van der Waals surface area contributed by atoms with Crippen molar-refractivity contribution < 1.29 is 13.2 Å². The van der Waals surface area contributed by atoms with Crippen molar-refractivity contribution in [3.05, 3.63) is 45.1 Å². The minimum absolute atomic E-state index is 0.0738. The van der Waals surface area contributed by atoms with Gasteiger partial charge in [-0.2, -0.15) is 4.31 Å². The first-order valence-corrected chi connectivity index (χ1v) is 15.1. The van der Waals surface area contributed by atoms with Crippen molar-refractivity contribution in [2.75, 3.05) is 24.2 Å². The molecular formula is C24H28N4O4S3. The topological polar surface area (TPSA) is 112 Å². The predicted molar refractivity (Wildman–Crippen MR) is 140 cm³/mol. The van der Waals surface area contributed by atoms with E-state index in [9.17, 15) is 18.0 Å². The molecule has 1 aromatic carbocycles. The summed E-state index contributed by atoms with van der Waals surface area (Å²) in [5, 5.41) is 3.90. The number of carbonyl (C=O) groups is 1. The third kappa shape index (κ3) is 5.18. The number of thioether (sulfide) groups is 1. The van der Waals surface area contributed by atoms with E-state index in [1.807, 2.05) is 0 Å². The van der Waals surface area contributed by atoms with E-state index in [0.717, 1.165) is 48.9 Å². The van der Waals surface area contributed by atoms with Crippen LogP contribution in [0.4, 0.5) is 5.69 Å². The zero-order valence-electron chi connectivity index (χ0n) is 19.5. The van der Waals surface area contributed by atoms with Gasteiger partial charge in [-0.15, -0.1) is 11.3 Å². The highest BCUT2D eigenvalue weighted by atomic mass is 32.2. The zero-order valence-corrected chi connectivity index (χ0v) is 22.0. The first kappa shape index (κ1) is 24.5. The third-order valence-electron chi connectivity index (χ3n) is 6.57. The first-order chi connectivity index (χ1) is 16.8. The van der Waals surface area contributed by atoms with Gasteiger partial charge in [0.25, 0.3) is 5.56 Å². The van der Waals surface area contributed by atoms with E-state index in [4.69, 9.17) is 0 Å². The van der Waals surface area contributed by atoms with Crippen LogP contribution in [0.15, 0.2) is 39.1 Å². The van der Waals surface area contributed by atoms with Crippen molar-refractivity contribution in [1.82, 2.24) is 14.3 Å². The molecule has 1 amide bonds. The number of piperidine rings is 1. The molecule has 1 aliphatic heterocycles. The van der Waals surface area contributed by atoms with Crippen LogP contribution in [0, 0.1) is 5.92 Å². The summed E-state index contributed by atoms with van der Waals surface area (Å²) in [5.41, 5.74) is 1.51. The number of fused-ring (bicyclic) bond motifs is 3. The van der Waals surface area contributed by atoms with E-state index in [2.05, 4.69) is 22.2 Å². The summed E-state index contributed by atoms with van der Waals surface area (Å²) in [7, 11) is -3.50. The molecule has 1 unspecified atom stereocenters. The molecule has 1 atom stereocenters. The molecule has 0 saturated carbocycles. The Kier molecular flexibility index (Phi) is 7.02. The number of rotatable bonds is 6. The van der Waals surface area contributed by atoms with Crippen LogP contribution in [0.1, 0.15) is 43.0 Å². The number of aromatic amines is 1. The van der Waals surface area contributed by atoms with Gasteiger partial charge < -0.3 is 10.3 Å². The number of nitrogens with zero attached hydrogens (tertiary/aromatic N) is 2. The van der Waals surface area contributed by atoms with E-state index in [1.54, 1.807) is 23.5 Å². The number of sulfonamides is 1. The van der Waals surface area contributed by atoms with Gasteiger partial charge in [0.2, 0.25) is 15.9 Å². The number of benzene rings is 1. The smallest absolute Gasteiger partial charge is 0.260 e. The quantitative estimate of drug-likeness (QED) is 0.366. The summed E-state index contributed by atoms with van der Waals surface area (Å²) < 4.78 is 27.1. The second-order valence-corrected chi connectivity index (χ2v) is 13.2. The Morgan fingerprint density at radius 2 is 1.97 bits per heavy atom. The SMILES string of the molecule is CC1CCc2c(sc3nc(SCC(=O)Nc4ccc(S(=O)(=O)N5CCCCC5)cc4)[nH]c(=O)c23)C1. The van der Waals surface area contributed by atoms with Crippen LogP contribution in [0.25, 0.3) is 10.2 Å². The number of H-pyrrole nitrogens is 1. The molecule has 1 saturated heterocycles. The van der Waals surface area contributed by atoms with Gasteiger partial charge in [-0.3, -0.25) is 9.59 Å². The Bertz CT molecular complexity index is 1410. The van der Waals surface area contributed by atoms with Crippen LogP contribution in [0.5, 0.6) is 0 Å². The van der Waals surface area contributed by atoms with Gasteiger partial charge >= 0.3 is 0 Å². The monoisotopic (exact) mass is 532 g/mol. The van der Waals surface area contributed by atoms with Crippen molar-refractivity contribution in [3.8, 4) is 0 Å². The lowest BCUT2D eigenvalue weighted by Crippen LogP contribution is -2.35. The molecule has 3 aromatic rings. The Hall–Kier alpha value is -2.21. The maximum Gasteiger partial charge on any atom is 0.260 e. The average molecular weight is 533 g/mol. The summed E-state index contributed by atoms with van der Waals surface area (Å²) in [6.45, 7) is 3.33. The third-order valence-corrected chi connectivity index (χ3v) is 10.5. The van der Waals surface area contributed by atoms with E-state index < -0.39 is 10.0 Å². The second kappa shape index (κ2) is 10.0. The Labute approximate surface area is 212 Å². The van der Waals surface area contributed by atoms with Gasteiger partial charge in [-0.05, 0) is 67.9 Å². The summed E-state index contributed by atoms with van der Waals surface area (Å²) in [6.07, 6.45) is 5.80. The molecule has 8 nitrogen and oxygen atoms in total. The standard InChI is InChI=1S/C24H28N4O4S3/c1-15-5-10-18-19(13-15)34-23-21(18)22(30)26-24(27-23)33-14-20(29)25-16-6-8-17(9-7-16)35(31,32)28-11-3-2-4-12-28/h6-9,15H,2-5,10-14H2,1H3,(H,25,29)(H,26,27,30). The molecule has 0 bridgehead atoms. The minimum atomic E-state index is -3.50. The Morgan fingerprint density at radius 3 is 2.71 bits per heavy atom. The first-order valence-electron chi connectivity index (χ1n) is 11.9. The molecule has 35 heavy (non-hydrogen) atoms. The number of hydrogen-bond acceptors (Lipinski definition) is 7. The number of aryl methyl sites for hydroxylation is 1. The van der Waals surface area contributed by atoms with Crippen molar-refractivity contribution >= 4 is 54.9 Å². The number of nitrogens with one attached hydrogen (secondary N) is 2. The lowest BCUT2D eigenvalue weighted by Gasteiger charge is -2.25. The van der Waals surface area contributed by atoms with Crippen LogP contribution in [-0.2, 0) is 27.7 Å². The van der Waals surface area contributed by atoms with Crippen molar-refractivity contribution in [2.24, 2.45) is 5.92 Å². The van der Waals surface area contributed by atoms with Gasteiger partial charge in [0.05, 0.1) is 16.0 Å². The molecule has 2 aliphatic rings. The minimum Gasteiger partial charge on any atom is -0.325 e. The highest BCUT2D eigenvalue weighted by molar-refractivity contribution is 7.99. The molecule has 0 spiro atoms. The molecule has 2 aromatic heterocycles. The molecular weight excluding hydrogens is 504 g/mol. The summed E-state index contributed by atoms with van der Waals surface area (Å²) >= 11 is 2.76. The highest BCUT2D eigenvalue weighted by Crippen LogP contribution is 2.36. The molecule has 2 N–H and O–H groups in total. The van der Waals surface area contributed by atoms with Crippen molar-refractivity contribution in [3.63, 3.8) is 0 Å². The molecule has 0 radical (unpaired) electrons. The predicted octanol–water partition coefficient (Wildman–Crippen LogP) is 4.01. The second-order valence-electron chi connectivity index (χ2n) is 9.23. The van der Waals surface area contributed by atoms with Crippen molar-refractivity contribution in [1.29, 1.82) is 0 Å². The van der Waals surface area contributed by atoms with Crippen LogP contribution < -0.4 is 10.9 Å². The van der Waals surface area contributed by atoms with Crippen LogP contribution in [-0.4, -0.2) is 47.4 Å². The number of aromatic nitrogens is 2. The Balaban J connectivity index is 1.22.